The summed E-state index contributed by atoms with van der Waals surface area (Å²) in [7, 11) is 0. The Balaban J connectivity index is 1.37. The van der Waals surface area contributed by atoms with Crippen LogP contribution < -0.4 is 4.74 Å². The van der Waals surface area contributed by atoms with E-state index in [1.807, 2.05) is 36.4 Å². The average molecular weight is 442 g/mol. The highest BCUT2D eigenvalue weighted by Gasteiger charge is 2.23. The van der Waals surface area contributed by atoms with Crippen LogP contribution in [0.4, 0.5) is 0 Å². The van der Waals surface area contributed by atoms with Gasteiger partial charge in [0, 0.05) is 23.1 Å². The zero-order valence-electron chi connectivity index (χ0n) is 18.5. The Morgan fingerprint density at radius 1 is 0.909 bits per heavy atom. The second-order valence-electron chi connectivity index (χ2n) is 8.45. The van der Waals surface area contributed by atoms with Gasteiger partial charge in [-0.25, -0.2) is 0 Å². The van der Waals surface area contributed by atoms with Crippen LogP contribution >= 0.6 is 0 Å². The lowest BCUT2D eigenvalue weighted by molar-refractivity contribution is 0.104. The van der Waals surface area contributed by atoms with Crippen molar-refractivity contribution in [3.8, 4) is 22.8 Å². The van der Waals surface area contributed by atoms with E-state index in [9.17, 15) is 9.90 Å². The average Bonchev–Trinajstić information content (AvgIpc) is 3.25. The van der Waals surface area contributed by atoms with E-state index >= 15 is 0 Å². The monoisotopic (exact) mass is 441 g/mol. The zero-order valence-corrected chi connectivity index (χ0v) is 18.5. The van der Waals surface area contributed by atoms with E-state index in [-0.39, 0.29) is 11.5 Å². The number of ether oxygens (including phenoxy) is 1. The summed E-state index contributed by atoms with van der Waals surface area (Å²) < 4.78 is 12.0. The SMILES string of the molecule is O=C(c1ccc(OCCN2CCCCC2)cc1)c1c(-c2ccc(O)cc2)oc2ccccc12. The van der Waals surface area contributed by atoms with Crippen molar-refractivity contribution in [3.05, 3.63) is 83.9 Å². The van der Waals surface area contributed by atoms with Gasteiger partial charge < -0.3 is 14.3 Å². The van der Waals surface area contributed by atoms with Crippen molar-refractivity contribution in [1.82, 2.24) is 4.90 Å². The second kappa shape index (κ2) is 9.51. The molecule has 0 amide bonds. The Morgan fingerprint density at radius 3 is 2.39 bits per heavy atom. The number of furan rings is 1. The third-order valence-corrected chi connectivity index (χ3v) is 6.19. The first-order chi connectivity index (χ1) is 16.2. The zero-order chi connectivity index (χ0) is 22.6. The number of hydrogen-bond donors (Lipinski definition) is 1. The van der Waals surface area contributed by atoms with Crippen LogP contribution in [0.2, 0.25) is 0 Å². The Hall–Kier alpha value is -3.57. The Bertz CT molecular complexity index is 1240. The molecule has 1 aliphatic heterocycles. The molecule has 0 radical (unpaired) electrons. The number of likely N-dealkylation sites (tertiary alicyclic amines) is 1. The number of nitrogens with zero attached hydrogens (tertiary/aromatic N) is 1. The van der Waals surface area contributed by atoms with Gasteiger partial charge in [0.2, 0.25) is 0 Å². The van der Waals surface area contributed by atoms with Gasteiger partial charge in [-0.15, -0.1) is 0 Å². The lowest BCUT2D eigenvalue weighted by Gasteiger charge is -2.26. The Kier molecular flexibility index (Phi) is 6.13. The molecule has 1 aromatic heterocycles. The first-order valence-electron chi connectivity index (χ1n) is 11.5. The number of para-hydroxylation sites is 1. The number of piperidine rings is 1. The maximum absolute atomic E-state index is 13.6. The van der Waals surface area contributed by atoms with Gasteiger partial charge in [0.05, 0.1) is 5.56 Å². The molecular weight excluding hydrogens is 414 g/mol. The van der Waals surface area contributed by atoms with E-state index in [1.54, 1.807) is 36.4 Å². The van der Waals surface area contributed by atoms with Crippen molar-refractivity contribution >= 4 is 16.8 Å². The first kappa shape index (κ1) is 21.3. The highest BCUT2D eigenvalue weighted by molar-refractivity contribution is 6.19. The topological polar surface area (TPSA) is 62.9 Å². The molecule has 4 aromatic rings. The first-order valence-corrected chi connectivity index (χ1v) is 11.5. The molecule has 3 aromatic carbocycles. The molecule has 1 N–H and O–H groups in total. The number of rotatable bonds is 7. The smallest absolute Gasteiger partial charge is 0.197 e. The second-order valence-corrected chi connectivity index (χ2v) is 8.45. The number of carbonyl (C=O) groups excluding carboxylic acids is 1. The van der Waals surface area contributed by atoms with Gasteiger partial charge in [-0.05, 0) is 80.5 Å². The number of phenols is 1. The quantitative estimate of drug-likeness (QED) is 0.362. The summed E-state index contributed by atoms with van der Waals surface area (Å²) in [4.78, 5) is 16.0. The molecule has 5 nitrogen and oxygen atoms in total. The van der Waals surface area contributed by atoms with Crippen molar-refractivity contribution in [2.24, 2.45) is 0 Å². The minimum atomic E-state index is -0.108. The van der Waals surface area contributed by atoms with Crippen LogP contribution in [0.1, 0.15) is 35.2 Å². The summed E-state index contributed by atoms with van der Waals surface area (Å²) in [5.41, 5.74) is 2.49. The van der Waals surface area contributed by atoms with Crippen molar-refractivity contribution < 1.29 is 19.1 Å². The summed E-state index contributed by atoms with van der Waals surface area (Å²) in [6.45, 7) is 3.87. The molecule has 1 aliphatic rings. The van der Waals surface area contributed by atoms with Crippen molar-refractivity contribution in [1.29, 1.82) is 0 Å². The molecule has 1 fully saturated rings. The van der Waals surface area contributed by atoms with Gasteiger partial charge in [0.25, 0.3) is 0 Å². The molecule has 5 heteroatoms. The maximum atomic E-state index is 13.6. The van der Waals surface area contributed by atoms with Crippen molar-refractivity contribution in [2.75, 3.05) is 26.2 Å². The van der Waals surface area contributed by atoms with Gasteiger partial charge in [0.15, 0.2) is 5.78 Å². The number of ketones is 1. The molecule has 33 heavy (non-hydrogen) atoms. The summed E-state index contributed by atoms with van der Waals surface area (Å²) in [6, 6.07) is 21.5. The molecule has 0 spiro atoms. The van der Waals surface area contributed by atoms with Gasteiger partial charge >= 0.3 is 0 Å². The normalized spacial score (nSPS) is 14.4. The fraction of sp³-hybridized carbons (Fsp3) is 0.250. The Labute approximate surface area is 193 Å². The third-order valence-electron chi connectivity index (χ3n) is 6.19. The number of hydrogen-bond acceptors (Lipinski definition) is 5. The van der Waals surface area contributed by atoms with Crippen LogP contribution in [0.15, 0.2) is 77.2 Å². The molecular formula is C28H27NO4. The van der Waals surface area contributed by atoms with Crippen LogP contribution in [-0.4, -0.2) is 42.0 Å². The molecule has 0 bridgehead atoms. The van der Waals surface area contributed by atoms with Crippen LogP contribution in [-0.2, 0) is 0 Å². The number of benzene rings is 3. The number of carbonyl (C=O) groups is 1. The van der Waals surface area contributed by atoms with Crippen LogP contribution in [0.3, 0.4) is 0 Å². The van der Waals surface area contributed by atoms with Gasteiger partial charge in [-0.3, -0.25) is 9.69 Å². The van der Waals surface area contributed by atoms with E-state index in [1.165, 1.54) is 19.3 Å². The molecule has 0 atom stereocenters. The van der Waals surface area contributed by atoms with E-state index < -0.39 is 0 Å². The molecule has 5 rings (SSSR count). The fourth-order valence-corrected chi connectivity index (χ4v) is 4.41. The summed E-state index contributed by atoms with van der Waals surface area (Å²) in [5.74, 6) is 1.32. The third kappa shape index (κ3) is 4.64. The van der Waals surface area contributed by atoms with Gasteiger partial charge in [-0.2, -0.15) is 0 Å². The molecule has 0 saturated carbocycles. The Morgan fingerprint density at radius 2 is 1.64 bits per heavy atom. The van der Waals surface area contributed by atoms with Crippen molar-refractivity contribution in [2.45, 2.75) is 19.3 Å². The number of phenolic OH excluding ortho intramolecular Hbond substituents is 1. The van der Waals surface area contributed by atoms with Gasteiger partial charge in [-0.1, -0.05) is 24.6 Å². The lowest BCUT2D eigenvalue weighted by Crippen LogP contribution is -2.33. The number of aromatic hydroxyl groups is 1. The summed E-state index contributed by atoms with van der Waals surface area (Å²) in [6.07, 6.45) is 3.87. The van der Waals surface area contributed by atoms with E-state index in [0.717, 1.165) is 36.3 Å². The largest absolute Gasteiger partial charge is 0.508 e. The molecule has 0 aliphatic carbocycles. The number of fused-ring (bicyclic) bond motifs is 1. The minimum Gasteiger partial charge on any atom is -0.508 e. The minimum absolute atomic E-state index is 0.108. The van der Waals surface area contributed by atoms with Crippen LogP contribution in [0, 0.1) is 0 Å². The highest BCUT2D eigenvalue weighted by atomic mass is 16.5. The summed E-state index contributed by atoms with van der Waals surface area (Å²) >= 11 is 0. The lowest BCUT2D eigenvalue weighted by atomic mass is 9.97. The predicted octanol–water partition coefficient (Wildman–Crippen LogP) is 5.90. The van der Waals surface area contributed by atoms with E-state index in [4.69, 9.17) is 9.15 Å². The highest BCUT2D eigenvalue weighted by Crippen LogP contribution is 2.36. The summed E-state index contributed by atoms with van der Waals surface area (Å²) in [5, 5.41) is 10.4. The maximum Gasteiger partial charge on any atom is 0.197 e. The van der Waals surface area contributed by atoms with Crippen LogP contribution in [0.5, 0.6) is 11.5 Å². The molecule has 1 saturated heterocycles. The predicted molar refractivity (Wildman–Crippen MR) is 129 cm³/mol. The van der Waals surface area contributed by atoms with Gasteiger partial charge in [0.1, 0.15) is 29.4 Å². The van der Waals surface area contributed by atoms with Crippen molar-refractivity contribution in [3.63, 3.8) is 0 Å². The molecule has 168 valence electrons. The molecule has 2 heterocycles. The fourth-order valence-electron chi connectivity index (χ4n) is 4.41. The van der Waals surface area contributed by atoms with Crippen LogP contribution in [0.25, 0.3) is 22.3 Å². The standard InChI is InChI=1S/C28H27NO4/c30-22-12-8-21(9-13-22)28-26(24-6-2-3-7-25(24)33-28)27(31)20-10-14-23(15-11-20)32-19-18-29-16-4-1-5-17-29/h2-3,6-15,30H,1,4-5,16-19H2. The molecule has 0 unspecified atom stereocenters. The van der Waals surface area contributed by atoms with E-state index in [0.29, 0.717) is 29.1 Å². The van der Waals surface area contributed by atoms with E-state index in [2.05, 4.69) is 4.90 Å².